The summed E-state index contributed by atoms with van der Waals surface area (Å²) >= 11 is 2.43. The SMILES string of the molecule is Ic1ccccc1NC1CCC2(CCCC2)CC1. The molecule has 2 aliphatic rings. The molecule has 98 valence electrons. The predicted octanol–water partition coefficient (Wildman–Crippen LogP) is 5.21. The van der Waals surface area contributed by atoms with E-state index in [0.29, 0.717) is 6.04 Å². The van der Waals surface area contributed by atoms with E-state index in [9.17, 15) is 0 Å². The average Bonchev–Trinajstić information content (AvgIpc) is 2.84. The van der Waals surface area contributed by atoms with Crippen LogP contribution in [-0.2, 0) is 0 Å². The lowest BCUT2D eigenvalue weighted by Crippen LogP contribution is -2.31. The molecule has 0 saturated heterocycles. The van der Waals surface area contributed by atoms with E-state index in [1.54, 1.807) is 0 Å². The molecule has 0 atom stereocenters. The van der Waals surface area contributed by atoms with Gasteiger partial charge in [0, 0.05) is 15.3 Å². The highest BCUT2D eigenvalue weighted by atomic mass is 127. The molecule has 2 fully saturated rings. The summed E-state index contributed by atoms with van der Waals surface area (Å²) in [7, 11) is 0. The Labute approximate surface area is 124 Å². The molecule has 1 aromatic rings. The number of halogens is 1. The average molecular weight is 355 g/mol. The van der Waals surface area contributed by atoms with Gasteiger partial charge < -0.3 is 5.32 Å². The first kappa shape index (κ1) is 12.8. The van der Waals surface area contributed by atoms with Gasteiger partial charge >= 0.3 is 0 Å². The topological polar surface area (TPSA) is 12.0 Å². The minimum Gasteiger partial charge on any atom is -0.381 e. The maximum Gasteiger partial charge on any atom is 0.0478 e. The molecule has 1 nitrogen and oxygen atoms in total. The Morgan fingerprint density at radius 3 is 2.33 bits per heavy atom. The predicted molar refractivity (Wildman–Crippen MR) is 85.9 cm³/mol. The fraction of sp³-hybridized carbons (Fsp3) is 0.625. The molecule has 1 spiro atoms. The molecule has 0 bridgehead atoms. The maximum atomic E-state index is 3.75. The molecule has 0 radical (unpaired) electrons. The number of hydrogen-bond acceptors (Lipinski definition) is 1. The zero-order valence-corrected chi connectivity index (χ0v) is 13.1. The molecule has 0 aliphatic heterocycles. The van der Waals surface area contributed by atoms with E-state index < -0.39 is 0 Å². The van der Waals surface area contributed by atoms with Gasteiger partial charge in [-0.3, -0.25) is 0 Å². The van der Waals surface area contributed by atoms with Crippen molar-refractivity contribution in [2.24, 2.45) is 5.41 Å². The Hall–Kier alpha value is -0.250. The summed E-state index contributed by atoms with van der Waals surface area (Å²) in [5.74, 6) is 0. The third-order valence-electron chi connectivity index (χ3n) is 4.94. The summed E-state index contributed by atoms with van der Waals surface area (Å²) in [6, 6.07) is 9.34. The summed E-state index contributed by atoms with van der Waals surface area (Å²) in [6.45, 7) is 0. The molecule has 0 heterocycles. The Balaban J connectivity index is 1.59. The minimum atomic E-state index is 0.701. The molecule has 2 saturated carbocycles. The van der Waals surface area contributed by atoms with Crippen molar-refractivity contribution < 1.29 is 0 Å². The van der Waals surface area contributed by atoms with Crippen LogP contribution in [0, 0.1) is 8.99 Å². The molecule has 1 N–H and O–H groups in total. The van der Waals surface area contributed by atoms with E-state index in [1.165, 1.54) is 60.6 Å². The highest BCUT2D eigenvalue weighted by Crippen LogP contribution is 2.49. The van der Waals surface area contributed by atoms with Gasteiger partial charge in [0.2, 0.25) is 0 Å². The monoisotopic (exact) mass is 355 g/mol. The molecular weight excluding hydrogens is 333 g/mol. The van der Waals surface area contributed by atoms with E-state index in [2.05, 4.69) is 52.2 Å². The second kappa shape index (κ2) is 5.40. The van der Waals surface area contributed by atoms with Gasteiger partial charge in [-0.15, -0.1) is 0 Å². The number of anilines is 1. The molecule has 0 amide bonds. The fourth-order valence-corrected chi connectivity index (χ4v) is 4.34. The number of benzene rings is 1. The van der Waals surface area contributed by atoms with Crippen LogP contribution in [0.4, 0.5) is 5.69 Å². The first-order chi connectivity index (χ1) is 8.77. The second-order valence-electron chi connectivity index (χ2n) is 6.11. The molecule has 2 heteroatoms. The Bertz CT molecular complexity index is 399. The van der Waals surface area contributed by atoms with E-state index in [4.69, 9.17) is 0 Å². The van der Waals surface area contributed by atoms with Crippen molar-refractivity contribution in [3.05, 3.63) is 27.8 Å². The molecule has 1 aromatic carbocycles. The van der Waals surface area contributed by atoms with Gasteiger partial charge in [-0.1, -0.05) is 25.0 Å². The molecular formula is C16H22IN. The molecule has 18 heavy (non-hydrogen) atoms. The van der Waals surface area contributed by atoms with Crippen LogP contribution in [0.1, 0.15) is 51.4 Å². The normalized spacial score (nSPS) is 23.4. The number of rotatable bonds is 2. The van der Waals surface area contributed by atoms with Crippen LogP contribution in [0.2, 0.25) is 0 Å². The lowest BCUT2D eigenvalue weighted by molar-refractivity contribution is 0.188. The maximum absolute atomic E-state index is 3.75. The van der Waals surface area contributed by atoms with Crippen molar-refractivity contribution >= 4 is 28.3 Å². The second-order valence-corrected chi connectivity index (χ2v) is 7.27. The van der Waals surface area contributed by atoms with Gasteiger partial charge in [0.25, 0.3) is 0 Å². The van der Waals surface area contributed by atoms with Crippen LogP contribution < -0.4 is 5.32 Å². The van der Waals surface area contributed by atoms with Crippen LogP contribution in [0.25, 0.3) is 0 Å². The number of nitrogens with one attached hydrogen (secondary N) is 1. The standard InChI is InChI=1S/C16H22IN/c17-14-5-1-2-6-15(14)18-13-7-11-16(12-8-13)9-3-4-10-16/h1-2,5-6,13,18H,3-4,7-12H2. The summed E-state index contributed by atoms with van der Waals surface area (Å²) < 4.78 is 1.34. The highest BCUT2D eigenvalue weighted by molar-refractivity contribution is 14.1. The smallest absolute Gasteiger partial charge is 0.0478 e. The van der Waals surface area contributed by atoms with Crippen molar-refractivity contribution in [2.75, 3.05) is 5.32 Å². The van der Waals surface area contributed by atoms with Crippen molar-refractivity contribution in [1.82, 2.24) is 0 Å². The van der Waals surface area contributed by atoms with Crippen LogP contribution in [-0.4, -0.2) is 6.04 Å². The largest absolute Gasteiger partial charge is 0.381 e. The zero-order valence-electron chi connectivity index (χ0n) is 10.9. The third-order valence-corrected chi connectivity index (χ3v) is 5.88. The quantitative estimate of drug-likeness (QED) is 0.719. The molecule has 0 aromatic heterocycles. The van der Waals surface area contributed by atoms with Gasteiger partial charge in [-0.05, 0) is 78.7 Å². The lowest BCUT2D eigenvalue weighted by atomic mass is 9.71. The van der Waals surface area contributed by atoms with Crippen molar-refractivity contribution in [2.45, 2.75) is 57.4 Å². The van der Waals surface area contributed by atoms with E-state index >= 15 is 0 Å². The van der Waals surface area contributed by atoms with Crippen LogP contribution in [0.5, 0.6) is 0 Å². The number of hydrogen-bond donors (Lipinski definition) is 1. The summed E-state index contributed by atoms with van der Waals surface area (Å²) in [6.07, 6.45) is 11.6. The van der Waals surface area contributed by atoms with Crippen molar-refractivity contribution in [3.8, 4) is 0 Å². The fourth-order valence-electron chi connectivity index (χ4n) is 3.80. The van der Waals surface area contributed by atoms with E-state index in [1.807, 2.05) is 0 Å². The van der Waals surface area contributed by atoms with Crippen molar-refractivity contribution in [3.63, 3.8) is 0 Å². The Kier molecular flexibility index (Phi) is 3.83. The van der Waals surface area contributed by atoms with Crippen LogP contribution in [0.15, 0.2) is 24.3 Å². The lowest BCUT2D eigenvalue weighted by Gasteiger charge is -2.38. The van der Waals surface area contributed by atoms with E-state index in [0.717, 1.165) is 5.41 Å². The van der Waals surface area contributed by atoms with Gasteiger partial charge in [0.05, 0.1) is 0 Å². The van der Waals surface area contributed by atoms with Gasteiger partial charge in [0.15, 0.2) is 0 Å². The minimum absolute atomic E-state index is 0.701. The molecule has 0 unspecified atom stereocenters. The first-order valence-electron chi connectivity index (χ1n) is 7.29. The summed E-state index contributed by atoms with van der Waals surface area (Å²) in [4.78, 5) is 0. The zero-order chi connectivity index (χ0) is 12.4. The number of para-hydroxylation sites is 1. The van der Waals surface area contributed by atoms with Crippen molar-refractivity contribution in [1.29, 1.82) is 0 Å². The molecule has 2 aliphatic carbocycles. The van der Waals surface area contributed by atoms with Gasteiger partial charge in [0.1, 0.15) is 0 Å². The summed E-state index contributed by atoms with van der Waals surface area (Å²) in [5.41, 5.74) is 2.08. The summed E-state index contributed by atoms with van der Waals surface area (Å²) in [5, 5.41) is 3.75. The molecule has 3 rings (SSSR count). The van der Waals surface area contributed by atoms with Gasteiger partial charge in [-0.25, -0.2) is 0 Å². The van der Waals surface area contributed by atoms with Crippen LogP contribution >= 0.6 is 22.6 Å². The van der Waals surface area contributed by atoms with E-state index in [-0.39, 0.29) is 0 Å². The Morgan fingerprint density at radius 1 is 1.00 bits per heavy atom. The van der Waals surface area contributed by atoms with Crippen LogP contribution in [0.3, 0.4) is 0 Å². The van der Waals surface area contributed by atoms with Gasteiger partial charge in [-0.2, -0.15) is 0 Å². The Morgan fingerprint density at radius 2 is 1.67 bits per heavy atom. The highest BCUT2D eigenvalue weighted by Gasteiger charge is 2.37. The first-order valence-corrected chi connectivity index (χ1v) is 8.36. The third kappa shape index (κ3) is 2.68.